The molecule has 0 saturated carbocycles. The molecule has 8 nitrogen and oxygen atoms in total. The van der Waals surface area contributed by atoms with Crippen LogP contribution in [0.5, 0.6) is 0 Å². The summed E-state index contributed by atoms with van der Waals surface area (Å²) in [7, 11) is 0. The second kappa shape index (κ2) is 7.70. The minimum Gasteiger partial charge on any atom is -0.395 e. The van der Waals surface area contributed by atoms with Gasteiger partial charge in [0.2, 0.25) is 0 Å². The molecule has 0 bridgehead atoms. The third-order valence-electron chi connectivity index (χ3n) is 5.97. The van der Waals surface area contributed by atoms with Crippen LogP contribution in [-0.4, -0.2) is 49.1 Å². The maximum absolute atomic E-state index is 13.1. The largest absolute Gasteiger partial charge is 0.395 e. The van der Waals surface area contributed by atoms with Crippen LogP contribution in [0.1, 0.15) is 36.0 Å². The van der Waals surface area contributed by atoms with Crippen molar-refractivity contribution in [2.45, 2.75) is 45.1 Å². The van der Waals surface area contributed by atoms with Crippen LogP contribution >= 0.6 is 0 Å². The fourth-order valence-electron chi connectivity index (χ4n) is 4.54. The van der Waals surface area contributed by atoms with Crippen molar-refractivity contribution in [3.8, 4) is 0 Å². The van der Waals surface area contributed by atoms with E-state index in [1.807, 2.05) is 29.1 Å². The van der Waals surface area contributed by atoms with Gasteiger partial charge in [0.05, 0.1) is 61.7 Å². The monoisotopic (exact) mass is 395 g/mol. The quantitative estimate of drug-likeness (QED) is 0.704. The van der Waals surface area contributed by atoms with E-state index in [-0.39, 0.29) is 24.8 Å². The Balaban J connectivity index is 1.52. The molecule has 2 aliphatic rings. The third kappa shape index (κ3) is 3.27. The number of likely N-dealkylation sites (tertiary alicyclic amines) is 1. The number of aromatic nitrogens is 4. The van der Waals surface area contributed by atoms with Crippen LogP contribution in [0.2, 0.25) is 0 Å². The Bertz CT molecular complexity index is 1090. The smallest absolute Gasteiger partial charge is 0.261 e. The molecule has 0 aliphatic carbocycles. The van der Waals surface area contributed by atoms with Crippen molar-refractivity contribution in [1.82, 2.24) is 24.2 Å². The molecule has 152 valence electrons. The first-order valence-corrected chi connectivity index (χ1v) is 10.2. The molecule has 0 spiro atoms. The Morgan fingerprint density at radius 2 is 2.14 bits per heavy atom. The van der Waals surface area contributed by atoms with E-state index in [1.165, 1.54) is 5.56 Å². The predicted octanol–water partition coefficient (Wildman–Crippen LogP) is 1.45. The van der Waals surface area contributed by atoms with Crippen LogP contribution in [0.3, 0.4) is 0 Å². The lowest BCUT2D eigenvalue weighted by molar-refractivity contribution is 0.0785. The molecule has 2 aliphatic heterocycles. The van der Waals surface area contributed by atoms with Crippen LogP contribution < -0.4 is 5.56 Å². The minimum atomic E-state index is -0.0894. The summed E-state index contributed by atoms with van der Waals surface area (Å²) < 4.78 is 9.30. The first kappa shape index (κ1) is 18.5. The van der Waals surface area contributed by atoms with Crippen LogP contribution in [-0.2, 0) is 31.0 Å². The van der Waals surface area contributed by atoms with Gasteiger partial charge in [-0.1, -0.05) is 12.1 Å². The predicted molar refractivity (Wildman–Crippen MR) is 107 cm³/mol. The highest BCUT2D eigenvalue weighted by molar-refractivity contribution is 5.77. The van der Waals surface area contributed by atoms with Crippen molar-refractivity contribution in [1.29, 1.82) is 0 Å². The van der Waals surface area contributed by atoms with Crippen molar-refractivity contribution >= 4 is 10.9 Å². The standard InChI is InChI=1S/C21H25N5O3/c27-10-8-25-20(23-17-5-2-1-4-16(17)21(25)28)18-6-3-7-24(18)13-15-12-22-26-9-11-29-14-19(15)26/h1-2,4-5,12,18,27H,3,6-11,13-14H2. The maximum Gasteiger partial charge on any atom is 0.261 e. The molecule has 1 aromatic carbocycles. The third-order valence-corrected chi connectivity index (χ3v) is 5.97. The van der Waals surface area contributed by atoms with E-state index in [2.05, 4.69) is 10.00 Å². The van der Waals surface area contributed by atoms with Crippen LogP contribution in [0.15, 0.2) is 35.3 Å². The zero-order valence-corrected chi connectivity index (χ0v) is 16.3. The van der Waals surface area contributed by atoms with E-state index in [1.54, 1.807) is 10.6 Å². The number of benzene rings is 1. The van der Waals surface area contributed by atoms with E-state index in [4.69, 9.17) is 9.72 Å². The summed E-state index contributed by atoms with van der Waals surface area (Å²) in [5, 5.41) is 14.7. The lowest BCUT2D eigenvalue weighted by Gasteiger charge is -2.27. The SMILES string of the molecule is O=c1c2ccccc2nc(C2CCCN2Cc2cnn3c2COCC3)n1CCO. The van der Waals surface area contributed by atoms with Gasteiger partial charge in [-0.3, -0.25) is 18.9 Å². The summed E-state index contributed by atoms with van der Waals surface area (Å²) in [6.07, 6.45) is 3.93. The zero-order valence-electron chi connectivity index (χ0n) is 16.3. The molecule has 4 heterocycles. The molecule has 3 aromatic rings. The van der Waals surface area contributed by atoms with Crippen molar-refractivity contribution < 1.29 is 9.84 Å². The summed E-state index contributed by atoms with van der Waals surface area (Å²) in [6, 6.07) is 7.48. The summed E-state index contributed by atoms with van der Waals surface area (Å²) >= 11 is 0. The molecule has 8 heteroatoms. The number of hydrogen-bond acceptors (Lipinski definition) is 6. The van der Waals surface area contributed by atoms with Crippen molar-refractivity contribution in [2.75, 3.05) is 19.8 Å². The second-order valence-corrected chi connectivity index (χ2v) is 7.69. The summed E-state index contributed by atoms with van der Waals surface area (Å²) in [5.74, 6) is 0.748. The molecule has 1 N–H and O–H groups in total. The Labute approximate surface area is 168 Å². The Morgan fingerprint density at radius 3 is 3.03 bits per heavy atom. The van der Waals surface area contributed by atoms with Crippen molar-refractivity contribution in [2.24, 2.45) is 0 Å². The molecule has 29 heavy (non-hydrogen) atoms. The normalized spacial score (nSPS) is 19.7. The first-order chi connectivity index (χ1) is 14.3. The highest BCUT2D eigenvalue weighted by atomic mass is 16.5. The zero-order chi connectivity index (χ0) is 19.8. The minimum absolute atomic E-state index is 0.0407. The maximum atomic E-state index is 13.1. The van der Waals surface area contributed by atoms with Crippen LogP contribution in [0.25, 0.3) is 10.9 Å². The van der Waals surface area contributed by atoms with Gasteiger partial charge < -0.3 is 9.84 Å². The molecule has 0 amide bonds. The molecule has 1 atom stereocenters. The molecule has 1 fully saturated rings. The average Bonchev–Trinajstić information content (AvgIpc) is 3.38. The molecular weight excluding hydrogens is 370 g/mol. The van der Waals surface area contributed by atoms with Gasteiger partial charge in [-0.05, 0) is 31.5 Å². The van der Waals surface area contributed by atoms with E-state index in [0.717, 1.165) is 44.0 Å². The molecular formula is C21H25N5O3. The van der Waals surface area contributed by atoms with Gasteiger partial charge in [-0.25, -0.2) is 4.98 Å². The van der Waals surface area contributed by atoms with Gasteiger partial charge in [0.25, 0.3) is 5.56 Å². The Kier molecular flexibility index (Phi) is 4.91. The van der Waals surface area contributed by atoms with E-state index < -0.39 is 0 Å². The number of para-hydroxylation sites is 1. The average molecular weight is 395 g/mol. The summed E-state index contributed by atoms with van der Waals surface area (Å²) in [6.45, 7) is 3.96. The molecule has 1 unspecified atom stereocenters. The second-order valence-electron chi connectivity index (χ2n) is 7.69. The number of aliphatic hydroxyl groups is 1. The number of nitrogens with zero attached hydrogens (tertiary/aromatic N) is 5. The Hall–Kier alpha value is -2.55. The van der Waals surface area contributed by atoms with Crippen LogP contribution in [0, 0.1) is 0 Å². The van der Waals surface area contributed by atoms with Gasteiger partial charge in [0.1, 0.15) is 5.82 Å². The number of fused-ring (bicyclic) bond motifs is 2. The molecule has 5 rings (SSSR count). The van der Waals surface area contributed by atoms with Crippen molar-refractivity contribution in [3.05, 3.63) is 57.9 Å². The van der Waals surface area contributed by atoms with E-state index in [9.17, 15) is 9.90 Å². The highest BCUT2D eigenvalue weighted by Crippen LogP contribution is 2.33. The summed E-state index contributed by atoms with van der Waals surface area (Å²) in [5.41, 5.74) is 2.95. The van der Waals surface area contributed by atoms with Gasteiger partial charge >= 0.3 is 0 Å². The van der Waals surface area contributed by atoms with Gasteiger partial charge in [0, 0.05) is 12.1 Å². The topological polar surface area (TPSA) is 85.4 Å². The fourth-order valence-corrected chi connectivity index (χ4v) is 4.54. The van der Waals surface area contributed by atoms with Crippen LogP contribution in [0.4, 0.5) is 0 Å². The fraction of sp³-hybridized carbons (Fsp3) is 0.476. The number of ether oxygens (including phenoxy) is 1. The number of hydrogen-bond donors (Lipinski definition) is 1. The molecule has 1 saturated heterocycles. The van der Waals surface area contributed by atoms with E-state index in [0.29, 0.717) is 24.1 Å². The molecule has 0 radical (unpaired) electrons. The summed E-state index contributed by atoms with van der Waals surface area (Å²) in [4.78, 5) is 20.3. The van der Waals surface area contributed by atoms with Gasteiger partial charge in [-0.15, -0.1) is 0 Å². The lowest BCUT2D eigenvalue weighted by atomic mass is 10.1. The highest BCUT2D eigenvalue weighted by Gasteiger charge is 2.31. The Morgan fingerprint density at radius 1 is 1.24 bits per heavy atom. The number of aliphatic hydroxyl groups excluding tert-OH is 1. The molecule has 2 aromatic heterocycles. The van der Waals surface area contributed by atoms with E-state index >= 15 is 0 Å². The van der Waals surface area contributed by atoms with Gasteiger partial charge in [0.15, 0.2) is 0 Å². The van der Waals surface area contributed by atoms with Gasteiger partial charge in [-0.2, -0.15) is 5.10 Å². The van der Waals surface area contributed by atoms with Crippen molar-refractivity contribution in [3.63, 3.8) is 0 Å². The lowest BCUT2D eigenvalue weighted by Crippen LogP contribution is -2.33. The first-order valence-electron chi connectivity index (χ1n) is 10.2. The number of rotatable bonds is 5.